The summed E-state index contributed by atoms with van der Waals surface area (Å²) in [5.41, 5.74) is 2.22. The monoisotopic (exact) mass is 470 g/mol. The van der Waals surface area contributed by atoms with Crippen LogP contribution >= 0.6 is 0 Å². The van der Waals surface area contributed by atoms with Gasteiger partial charge in [0.1, 0.15) is 23.2 Å². The van der Waals surface area contributed by atoms with Gasteiger partial charge in [0.2, 0.25) is 0 Å². The van der Waals surface area contributed by atoms with Crippen LogP contribution in [0.1, 0.15) is 70.1 Å². The second-order valence-corrected chi connectivity index (χ2v) is 9.49. The van der Waals surface area contributed by atoms with Crippen LogP contribution in [0.15, 0.2) is 24.3 Å². The van der Waals surface area contributed by atoms with Crippen molar-refractivity contribution < 1.29 is 24.2 Å². The van der Waals surface area contributed by atoms with Crippen molar-refractivity contribution in [2.45, 2.75) is 76.5 Å². The first-order valence-electron chi connectivity index (χ1n) is 12.2. The first-order chi connectivity index (χ1) is 16.3. The first kappa shape index (κ1) is 24.0. The Hall–Kier alpha value is -3.10. The second-order valence-electron chi connectivity index (χ2n) is 9.49. The number of carbonyl (C=O) groups is 2. The Bertz CT molecular complexity index is 999. The molecule has 2 aliphatic rings. The normalized spacial score (nSPS) is 21.7. The summed E-state index contributed by atoms with van der Waals surface area (Å²) in [5, 5.41) is 17.8. The molecule has 1 amide bonds. The number of aromatic nitrogens is 3. The van der Waals surface area contributed by atoms with Gasteiger partial charge in [-0.25, -0.2) is 9.48 Å². The minimum absolute atomic E-state index is 0.0935. The number of benzene rings is 1. The molecule has 1 aromatic heterocycles. The van der Waals surface area contributed by atoms with Crippen molar-refractivity contribution in [2.75, 3.05) is 7.05 Å². The van der Waals surface area contributed by atoms with E-state index < -0.39 is 12.1 Å². The third-order valence-corrected chi connectivity index (χ3v) is 7.10. The number of hydrogen-bond donors (Lipinski definition) is 1. The lowest BCUT2D eigenvalue weighted by molar-refractivity contribution is -0.143. The third kappa shape index (κ3) is 5.34. The van der Waals surface area contributed by atoms with Crippen molar-refractivity contribution in [3.63, 3.8) is 0 Å². The summed E-state index contributed by atoms with van der Waals surface area (Å²) in [5.74, 6) is -0.386. The Labute approximate surface area is 200 Å². The second kappa shape index (κ2) is 10.4. The average Bonchev–Trinajstić information content (AvgIpc) is 3.49. The van der Waals surface area contributed by atoms with Gasteiger partial charge in [-0.1, -0.05) is 18.1 Å². The zero-order valence-corrected chi connectivity index (χ0v) is 20.1. The number of aryl methyl sites for hydroxylation is 1. The number of carboxylic acid groups (broad SMARTS) is 1. The van der Waals surface area contributed by atoms with Crippen molar-refractivity contribution in [2.24, 2.45) is 13.0 Å². The molecular weight excluding hydrogens is 436 g/mol. The molecule has 1 unspecified atom stereocenters. The smallest absolute Gasteiger partial charge is 0.410 e. The van der Waals surface area contributed by atoms with Gasteiger partial charge in [0.05, 0.1) is 12.0 Å². The van der Waals surface area contributed by atoms with Gasteiger partial charge < -0.3 is 19.5 Å². The van der Waals surface area contributed by atoms with Gasteiger partial charge in [-0.05, 0) is 69.7 Å². The number of carbonyl (C=O) groups excluding carboxylic acids is 1. The number of rotatable bonds is 7. The van der Waals surface area contributed by atoms with Crippen molar-refractivity contribution in [3.05, 3.63) is 30.0 Å². The van der Waals surface area contributed by atoms with E-state index in [2.05, 4.69) is 10.3 Å². The molecule has 3 atom stereocenters. The lowest BCUT2D eigenvalue weighted by Gasteiger charge is -2.27. The molecule has 1 N–H and O–H groups in total. The average molecular weight is 471 g/mol. The summed E-state index contributed by atoms with van der Waals surface area (Å²) in [6.07, 6.45) is 6.35. The molecule has 9 nitrogen and oxygen atoms in total. The molecule has 0 radical (unpaired) electrons. The predicted molar refractivity (Wildman–Crippen MR) is 125 cm³/mol. The highest BCUT2D eigenvalue weighted by Gasteiger charge is 2.29. The summed E-state index contributed by atoms with van der Waals surface area (Å²) < 4.78 is 13.5. The molecule has 1 aromatic carbocycles. The molecule has 2 saturated carbocycles. The van der Waals surface area contributed by atoms with Gasteiger partial charge in [-0.15, -0.1) is 5.10 Å². The quantitative estimate of drug-likeness (QED) is 0.631. The molecule has 184 valence electrons. The van der Waals surface area contributed by atoms with Gasteiger partial charge in [-0.2, -0.15) is 0 Å². The van der Waals surface area contributed by atoms with Crippen molar-refractivity contribution in [3.8, 4) is 17.0 Å². The van der Waals surface area contributed by atoms with Gasteiger partial charge in [0, 0.05) is 25.7 Å². The first-order valence-corrected chi connectivity index (χ1v) is 12.2. The maximum absolute atomic E-state index is 12.7. The summed E-state index contributed by atoms with van der Waals surface area (Å²) in [6, 6.07) is 7.77. The molecule has 2 aliphatic carbocycles. The Morgan fingerprint density at radius 3 is 2.50 bits per heavy atom. The molecule has 0 saturated heterocycles. The van der Waals surface area contributed by atoms with Crippen LogP contribution in [0.25, 0.3) is 11.3 Å². The van der Waals surface area contributed by atoms with E-state index in [0.29, 0.717) is 24.3 Å². The van der Waals surface area contributed by atoms with Crippen LogP contribution in [0.5, 0.6) is 5.75 Å². The van der Waals surface area contributed by atoms with Crippen LogP contribution in [-0.2, 0) is 16.6 Å². The fraction of sp³-hybridized carbons (Fsp3) is 0.600. The molecule has 4 rings (SSSR count). The van der Waals surface area contributed by atoms with Crippen LogP contribution in [0.3, 0.4) is 0 Å². The lowest BCUT2D eigenvalue weighted by atomic mass is 9.87. The Morgan fingerprint density at radius 1 is 1.12 bits per heavy atom. The summed E-state index contributed by atoms with van der Waals surface area (Å²) in [7, 11) is 3.59. The van der Waals surface area contributed by atoms with Gasteiger partial charge >= 0.3 is 12.1 Å². The van der Waals surface area contributed by atoms with E-state index in [1.807, 2.05) is 31.2 Å². The van der Waals surface area contributed by atoms with Gasteiger partial charge in [-0.3, -0.25) is 4.79 Å². The van der Waals surface area contributed by atoms with E-state index in [1.165, 1.54) is 0 Å². The van der Waals surface area contributed by atoms with Crippen molar-refractivity contribution in [1.29, 1.82) is 0 Å². The zero-order valence-electron chi connectivity index (χ0n) is 20.1. The Kier molecular flexibility index (Phi) is 7.38. The van der Waals surface area contributed by atoms with Crippen molar-refractivity contribution >= 4 is 12.1 Å². The highest BCUT2D eigenvalue weighted by molar-refractivity contribution is 5.70. The SMILES string of the molecule is CC(OC(=O)N(C)C1CCCC1)c1c(-c2ccc(O[C@H]3CCC[C@H](C(=O)O)C3)cc2)nnn1C. The van der Waals surface area contributed by atoms with E-state index in [9.17, 15) is 14.7 Å². The molecule has 2 fully saturated rings. The maximum Gasteiger partial charge on any atom is 0.410 e. The van der Waals surface area contributed by atoms with Crippen LogP contribution in [0.2, 0.25) is 0 Å². The zero-order chi connectivity index (χ0) is 24.2. The molecule has 0 aliphatic heterocycles. The van der Waals surface area contributed by atoms with E-state index in [-0.39, 0.29) is 24.2 Å². The van der Waals surface area contributed by atoms with Crippen LogP contribution in [-0.4, -0.2) is 56.3 Å². The van der Waals surface area contributed by atoms with Gasteiger partial charge in [0.25, 0.3) is 0 Å². The number of nitrogens with zero attached hydrogens (tertiary/aromatic N) is 4. The largest absolute Gasteiger partial charge is 0.490 e. The lowest BCUT2D eigenvalue weighted by Crippen LogP contribution is -2.36. The highest BCUT2D eigenvalue weighted by Crippen LogP contribution is 2.32. The van der Waals surface area contributed by atoms with Crippen LogP contribution in [0, 0.1) is 5.92 Å². The summed E-state index contributed by atoms with van der Waals surface area (Å²) in [4.78, 5) is 25.7. The number of hydrogen-bond acceptors (Lipinski definition) is 6. The highest BCUT2D eigenvalue weighted by atomic mass is 16.6. The van der Waals surface area contributed by atoms with E-state index in [4.69, 9.17) is 9.47 Å². The number of aliphatic carboxylic acids is 1. The minimum atomic E-state index is -0.747. The van der Waals surface area contributed by atoms with Crippen LogP contribution in [0.4, 0.5) is 4.79 Å². The maximum atomic E-state index is 12.7. The molecule has 0 bridgehead atoms. The number of ether oxygens (including phenoxy) is 2. The minimum Gasteiger partial charge on any atom is -0.490 e. The van der Waals surface area contributed by atoms with E-state index in [1.54, 1.807) is 23.7 Å². The third-order valence-electron chi connectivity index (χ3n) is 7.10. The molecule has 2 aromatic rings. The molecule has 0 spiro atoms. The van der Waals surface area contributed by atoms with E-state index in [0.717, 1.165) is 49.8 Å². The molecule has 1 heterocycles. The Balaban J connectivity index is 1.42. The fourth-order valence-corrected chi connectivity index (χ4v) is 5.12. The van der Waals surface area contributed by atoms with Gasteiger partial charge in [0.15, 0.2) is 0 Å². The summed E-state index contributed by atoms with van der Waals surface area (Å²) >= 11 is 0. The molecule has 9 heteroatoms. The molecule has 34 heavy (non-hydrogen) atoms. The standard InChI is InChI=1S/C25H34N4O5/c1-16(33-25(32)28(2)19-8-4-5-9-19)23-22(26-27-29(23)3)17-11-13-20(14-12-17)34-21-10-6-7-18(15-21)24(30)31/h11-14,16,18-19,21H,4-10,15H2,1-3H3,(H,30,31)/t16?,18-,21-/m0/s1. The Morgan fingerprint density at radius 2 is 1.82 bits per heavy atom. The number of amides is 1. The summed E-state index contributed by atoms with van der Waals surface area (Å²) in [6.45, 7) is 1.84. The predicted octanol–water partition coefficient (Wildman–Crippen LogP) is 4.58. The molecular formula is C25H34N4O5. The van der Waals surface area contributed by atoms with Crippen molar-refractivity contribution in [1.82, 2.24) is 19.9 Å². The van der Waals surface area contributed by atoms with Crippen LogP contribution < -0.4 is 4.74 Å². The topological polar surface area (TPSA) is 107 Å². The number of carboxylic acids is 1. The van der Waals surface area contributed by atoms with E-state index >= 15 is 0 Å². The fourth-order valence-electron chi connectivity index (χ4n) is 5.12.